The predicted molar refractivity (Wildman–Crippen MR) is 68.5 cm³/mol. The van der Waals surface area contributed by atoms with Crippen molar-refractivity contribution in [1.82, 2.24) is 15.1 Å². The van der Waals surface area contributed by atoms with E-state index >= 15 is 0 Å². The summed E-state index contributed by atoms with van der Waals surface area (Å²) < 4.78 is 10.8. The van der Waals surface area contributed by atoms with Crippen LogP contribution in [0, 0.1) is 0 Å². The molecule has 0 aliphatic carbocycles. The van der Waals surface area contributed by atoms with Gasteiger partial charge in [0.2, 0.25) is 5.82 Å². The highest BCUT2D eigenvalue weighted by Crippen LogP contribution is 2.31. The van der Waals surface area contributed by atoms with E-state index in [9.17, 15) is 5.11 Å². The second-order valence-electron chi connectivity index (χ2n) is 4.26. The van der Waals surface area contributed by atoms with Gasteiger partial charge in [-0.05, 0) is 18.9 Å². The van der Waals surface area contributed by atoms with Crippen molar-refractivity contribution in [3.63, 3.8) is 0 Å². The van der Waals surface area contributed by atoms with E-state index in [-0.39, 0.29) is 5.75 Å². The maximum atomic E-state index is 9.40. The van der Waals surface area contributed by atoms with Crippen molar-refractivity contribution < 1.29 is 14.4 Å². The number of aromatic hydroxyl groups is 1. The summed E-state index contributed by atoms with van der Waals surface area (Å²) in [7, 11) is 1.64. The number of nitrogens with zero attached hydrogens (tertiary/aromatic N) is 3. The number of hydrogen-bond acceptors (Lipinski definition) is 6. The van der Waals surface area contributed by atoms with Gasteiger partial charge in [-0.3, -0.25) is 4.98 Å². The molecule has 0 fully saturated rings. The molecule has 0 bridgehead atoms. The molecule has 0 aliphatic heterocycles. The highest BCUT2D eigenvalue weighted by Gasteiger charge is 2.33. The summed E-state index contributed by atoms with van der Waals surface area (Å²) in [5, 5.41) is 13.4. The van der Waals surface area contributed by atoms with Gasteiger partial charge in [0.05, 0.1) is 11.8 Å². The third-order valence-electron chi connectivity index (χ3n) is 3.34. The Kier molecular flexibility index (Phi) is 3.80. The van der Waals surface area contributed by atoms with Crippen LogP contribution in [-0.4, -0.2) is 27.3 Å². The highest BCUT2D eigenvalue weighted by atomic mass is 16.5. The maximum Gasteiger partial charge on any atom is 0.259 e. The number of methoxy groups -OCH3 is 1. The van der Waals surface area contributed by atoms with Crippen LogP contribution in [0.5, 0.6) is 5.75 Å². The molecule has 0 atom stereocenters. The summed E-state index contributed by atoms with van der Waals surface area (Å²) in [4.78, 5) is 8.24. The number of rotatable bonds is 5. The van der Waals surface area contributed by atoms with Crippen LogP contribution in [0.2, 0.25) is 0 Å². The van der Waals surface area contributed by atoms with E-state index in [1.54, 1.807) is 13.3 Å². The second kappa shape index (κ2) is 5.36. The monoisotopic (exact) mass is 263 g/mol. The van der Waals surface area contributed by atoms with Crippen molar-refractivity contribution >= 4 is 0 Å². The van der Waals surface area contributed by atoms with Crippen LogP contribution in [0.15, 0.2) is 23.0 Å². The Hall–Kier alpha value is -1.95. The van der Waals surface area contributed by atoms with Crippen LogP contribution in [-0.2, 0) is 10.3 Å². The lowest BCUT2D eigenvalue weighted by Crippen LogP contribution is -2.28. The fourth-order valence-corrected chi connectivity index (χ4v) is 2.02. The zero-order chi connectivity index (χ0) is 13.9. The summed E-state index contributed by atoms with van der Waals surface area (Å²) >= 11 is 0. The topological polar surface area (TPSA) is 81.3 Å². The zero-order valence-corrected chi connectivity index (χ0v) is 11.3. The molecule has 0 saturated carbocycles. The average molecular weight is 263 g/mol. The van der Waals surface area contributed by atoms with Gasteiger partial charge < -0.3 is 14.4 Å². The Bertz CT molecular complexity index is 541. The molecule has 0 amide bonds. The van der Waals surface area contributed by atoms with Crippen LogP contribution < -0.4 is 0 Å². The van der Waals surface area contributed by atoms with Crippen LogP contribution in [0.1, 0.15) is 32.5 Å². The molecule has 19 heavy (non-hydrogen) atoms. The van der Waals surface area contributed by atoms with Gasteiger partial charge in [0.1, 0.15) is 11.4 Å². The fraction of sp³-hybridized carbons (Fsp3) is 0.462. The first-order valence-corrected chi connectivity index (χ1v) is 6.19. The molecule has 0 aromatic carbocycles. The number of ether oxygens (including phenoxy) is 1. The third-order valence-corrected chi connectivity index (χ3v) is 3.34. The van der Waals surface area contributed by atoms with E-state index in [1.807, 2.05) is 13.8 Å². The molecule has 2 aromatic rings. The largest absolute Gasteiger partial charge is 0.506 e. The molecule has 2 aromatic heterocycles. The SMILES string of the molecule is CCC(CC)(OC)c1noc(-c2cncc(O)c2)n1. The fourth-order valence-electron chi connectivity index (χ4n) is 2.02. The van der Waals surface area contributed by atoms with Crippen molar-refractivity contribution in [3.8, 4) is 17.2 Å². The lowest BCUT2D eigenvalue weighted by molar-refractivity contribution is -0.0306. The van der Waals surface area contributed by atoms with Crippen molar-refractivity contribution in [2.45, 2.75) is 32.3 Å². The van der Waals surface area contributed by atoms with E-state index in [0.29, 0.717) is 17.3 Å². The lowest BCUT2D eigenvalue weighted by Gasteiger charge is -2.25. The van der Waals surface area contributed by atoms with Gasteiger partial charge in [0, 0.05) is 13.3 Å². The van der Waals surface area contributed by atoms with E-state index in [1.165, 1.54) is 12.3 Å². The van der Waals surface area contributed by atoms with Gasteiger partial charge in [0.25, 0.3) is 5.89 Å². The van der Waals surface area contributed by atoms with Crippen LogP contribution >= 0.6 is 0 Å². The summed E-state index contributed by atoms with van der Waals surface area (Å²) in [6.07, 6.45) is 4.40. The van der Waals surface area contributed by atoms with Crippen LogP contribution in [0.3, 0.4) is 0 Å². The molecule has 1 N–H and O–H groups in total. The maximum absolute atomic E-state index is 9.40. The molecular weight excluding hydrogens is 246 g/mol. The van der Waals surface area contributed by atoms with Crippen molar-refractivity contribution in [2.75, 3.05) is 7.11 Å². The van der Waals surface area contributed by atoms with Crippen LogP contribution in [0.4, 0.5) is 0 Å². The molecule has 2 rings (SSSR count). The summed E-state index contributed by atoms with van der Waals surface area (Å²) in [5.41, 5.74) is 0.0439. The molecule has 0 aliphatic rings. The van der Waals surface area contributed by atoms with Gasteiger partial charge in [-0.1, -0.05) is 19.0 Å². The normalized spacial score (nSPS) is 11.7. The number of hydrogen-bond donors (Lipinski definition) is 1. The molecule has 6 heteroatoms. The van der Waals surface area contributed by atoms with Crippen molar-refractivity contribution in [2.24, 2.45) is 0 Å². The first-order valence-electron chi connectivity index (χ1n) is 6.19. The van der Waals surface area contributed by atoms with Crippen LogP contribution in [0.25, 0.3) is 11.5 Å². The summed E-state index contributed by atoms with van der Waals surface area (Å²) in [6, 6.07) is 1.52. The first-order chi connectivity index (χ1) is 9.15. The molecular formula is C13H17N3O3. The average Bonchev–Trinajstić information content (AvgIpc) is 2.92. The molecule has 2 heterocycles. The van der Waals surface area contributed by atoms with Crippen molar-refractivity contribution in [3.05, 3.63) is 24.3 Å². The zero-order valence-electron chi connectivity index (χ0n) is 11.3. The smallest absolute Gasteiger partial charge is 0.259 e. The predicted octanol–water partition coefficient (Wildman–Crippen LogP) is 2.50. The minimum absolute atomic E-state index is 0.0567. The Labute approximate surface area is 111 Å². The Balaban J connectivity index is 2.38. The third kappa shape index (κ3) is 2.44. The molecule has 0 unspecified atom stereocenters. The van der Waals surface area contributed by atoms with E-state index in [0.717, 1.165) is 12.8 Å². The molecule has 6 nitrogen and oxygen atoms in total. The van der Waals surface area contributed by atoms with Gasteiger partial charge in [-0.25, -0.2) is 0 Å². The number of pyridine rings is 1. The minimum Gasteiger partial charge on any atom is -0.506 e. The van der Waals surface area contributed by atoms with Crippen molar-refractivity contribution in [1.29, 1.82) is 0 Å². The van der Waals surface area contributed by atoms with Gasteiger partial charge in [-0.15, -0.1) is 0 Å². The molecule has 0 spiro atoms. The molecule has 102 valence electrons. The summed E-state index contributed by atoms with van der Waals surface area (Å²) in [5.74, 6) is 0.890. The Morgan fingerprint density at radius 3 is 2.63 bits per heavy atom. The molecule has 0 saturated heterocycles. The standard InChI is InChI=1S/C13H17N3O3/c1-4-13(5-2,18-3)12-15-11(19-16-12)9-6-10(17)8-14-7-9/h6-8,17H,4-5H2,1-3H3. The van der Waals surface area contributed by atoms with E-state index < -0.39 is 5.60 Å². The Morgan fingerprint density at radius 1 is 1.32 bits per heavy atom. The van der Waals surface area contributed by atoms with E-state index in [2.05, 4.69) is 15.1 Å². The highest BCUT2D eigenvalue weighted by molar-refractivity contribution is 5.53. The van der Waals surface area contributed by atoms with Gasteiger partial charge in [0.15, 0.2) is 0 Å². The quantitative estimate of drug-likeness (QED) is 0.892. The lowest BCUT2D eigenvalue weighted by atomic mass is 9.96. The Morgan fingerprint density at radius 2 is 2.05 bits per heavy atom. The van der Waals surface area contributed by atoms with Gasteiger partial charge >= 0.3 is 0 Å². The second-order valence-corrected chi connectivity index (χ2v) is 4.26. The summed E-state index contributed by atoms with van der Waals surface area (Å²) in [6.45, 7) is 4.03. The minimum atomic E-state index is -0.536. The van der Waals surface area contributed by atoms with E-state index in [4.69, 9.17) is 9.26 Å². The molecule has 0 radical (unpaired) electrons. The number of aromatic nitrogens is 3. The van der Waals surface area contributed by atoms with Gasteiger partial charge in [-0.2, -0.15) is 4.98 Å². The first kappa shape index (κ1) is 13.5.